The molecule has 4 aromatic carbocycles. The van der Waals surface area contributed by atoms with Gasteiger partial charge in [0.25, 0.3) is 0 Å². The molecule has 0 bridgehead atoms. The Hall–Kier alpha value is -4.65. The molecule has 4 aliphatic heterocycles. The summed E-state index contributed by atoms with van der Waals surface area (Å²) in [7, 11) is 0. The van der Waals surface area contributed by atoms with E-state index in [1.54, 1.807) is 45.9 Å². The van der Waals surface area contributed by atoms with E-state index in [-0.39, 0.29) is 12.6 Å². The highest BCUT2D eigenvalue weighted by Crippen LogP contribution is 2.30. The molecular weight excluding hydrogens is 1210 g/mol. The van der Waals surface area contributed by atoms with E-state index in [4.69, 9.17) is 4.74 Å². The van der Waals surface area contributed by atoms with Crippen molar-refractivity contribution in [2.45, 2.75) is 30.9 Å². The molecule has 21 heteroatoms. The molecule has 1 unspecified atom stereocenters. The van der Waals surface area contributed by atoms with E-state index in [1.807, 2.05) is 95.7 Å². The first-order chi connectivity index (χ1) is 36.0. The standard InChI is InChI=1S/2C13H17BrN2O2.C11H11BrN2O.C8H7BrO.C5H10N2O.C3H4N2/c14-12-3-1-11(2-4-12)13(9-17)16-7-5-15(10-18)6-8-16;14-12-3-1-11(2-4-12)13(18)9-15-5-7-16(10-17)8-6-15;12-10-3-1-9(2-4-10)11(15)7-14-6-5-13-8-14;9-7-3-1-6(2-4-7)8-5-10-8;8-5-7-3-1-6-2-4-7;1-2-5-3-4-1/h1-4,10,13,17H,5-9H2;1-4,10,13,18H,5-9H2;1-6,8,11,15H,7H2;1-4,8H,5H2;5-6H,1-4H2;1-3H,(H,4,5)/t2*13-;11-;;;/m011.../s1. The fourth-order valence-electron chi connectivity index (χ4n) is 7.66. The van der Waals surface area contributed by atoms with Crippen LogP contribution in [0.2, 0.25) is 0 Å². The number of nitrogens with one attached hydrogen (secondary N) is 2. The lowest BCUT2D eigenvalue weighted by Crippen LogP contribution is -2.47. The van der Waals surface area contributed by atoms with Crippen LogP contribution in [0.4, 0.5) is 0 Å². The topological polar surface area (TPSA) is 199 Å². The number of rotatable bonds is 13. The van der Waals surface area contributed by atoms with Crippen molar-refractivity contribution in [3.63, 3.8) is 0 Å². The van der Waals surface area contributed by atoms with Crippen molar-refractivity contribution < 1.29 is 34.4 Å². The number of carbonyl (C=O) groups is 3. The van der Waals surface area contributed by atoms with Gasteiger partial charge in [0.15, 0.2) is 0 Å². The number of nitrogens with zero attached hydrogens (tertiary/aromatic N) is 8. The number of carbonyl (C=O) groups excluding carboxylic acids is 3. The summed E-state index contributed by atoms with van der Waals surface area (Å²) in [6.45, 7) is 12.0. The van der Waals surface area contributed by atoms with Gasteiger partial charge in [-0.3, -0.25) is 24.2 Å². The Bertz CT molecular complexity index is 2390. The minimum Gasteiger partial charge on any atom is -0.394 e. The zero-order valence-electron chi connectivity index (χ0n) is 41.1. The van der Waals surface area contributed by atoms with E-state index in [0.717, 1.165) is 139 Å². The zero-order chi connectivity index (χ0) is 52.9. The highest BCUT2D eigenvalue weighted by atomic mass is 79.9. The van der Waals surface area contributed by atoms with E-state index >= 15 is 0 Å². The van der Waals surface area contributed by atoms with E-state index in [1.165, 1.54) is 5.56 Å². The monoisotopic (exact) mass is 1270 g/mol. The molecular formula is C53H66Br4N10O7. The Morgan fingerprint density at radius 3 is 1.45 bits per heavy atom. The van der Waals surface area contributed by atoms with Gasteiger partial charge in [0.2, 0.25) is 19.2 Å². The quantitative estimate of drug-likeness (QED) is 0.0595. The maximum Gasteiger partial charge on any atom is 0.209 e. The molecule has 4 atom stereocenters. The number of hydrogen-bond acceptors (Lipinski definition) is 12. The van der Waals surface area contributed by atoms with Crippen LogP contribution in [0.1, 0.15) is 46.6 Å². The van der Waals surface area contributed by atoms with Crippen LogP contribution in [-0.4, -0.2) is 177 Å². The molecule has 6 aromatic rings. The van der Waals surface area contributed by atoms with Crippen LogP contribution in [0.3, 0.4) is 0 Å². The number of aliphatic hydroxyl groups excluding tert-OH is 3. The Morgan fingerprint density at radius 2 is 1.05 bits per heavy atom. The number of piperazine rings is 3. The molecule has 5 N–H and O–H groups in total. The van der Waals surface area contributed by atoms with Gasteiger partial charge in [-0.15, -0.1) is 0 Å². The average Bonchev–Trinajstić information content (AvgIpc) is 3.81. The van der Waals surface area contributed by atoms with Crippen molar-refractivity contribution in [2.75, 3.05) is 98.3 Å². The first-order valence-electron chi connectivity index (χ1n) is 24.2. The number of H-pyrrole nitrogens is 1. The van der Waals surface area contributed by atoms with Crippen LogP contribution in [0, 0.1) is 0 Å². The number of imidazole rings is 2. The van der Waals surface area contributed by atoms with Gasteiger partial charge in [-0.2, -0.15) is 0 Å². The van der Waals surface area contributed by atoms with E-state index in [9.17, 15) is 29.7 Å². The van der Waals surface area contributed by atoms with Gasteiger partial charge in [-0.25, -0.2) is 9.97 Å². The maximum atomic E-state index is 10.7. The van der Waals surface area contributed by atoms with Crippen LogP contribution in [-0.2, 0) is 25.7 Å². The van der Waals surface area contributed by atoms with Gasteiger partial charge in [0, 0.05) is 128 Å². The van der Waals surface area contributed by atoms with Crippen LogP contribution in [0.15, 0.2) is 152 Å². The number of amides is 3. The van der Waals surface area contributed by atoms with Crippen molar-refractivity contribution in [3.05, 3.63) is 175 Å². The Labute approximate surface area is 467 Å². The molecule has 0 aliphatic carbocycles. The van der Waals surface area contributed by atoms with Crippen LogP contribution in [0.25, 0.3) is 0 Å². The minimum absolute atomic E-state index is 0.0203. The number of β-amino-alcohol motifs (C(OH)–C–C–N with tert-alkyl or cyclic N) is 1. The van der Waals surface area contributed by atoms with Gasteiger partial charge < -0.3 is 49.6 Å². The molecule has 398 valence electrons. The number of aromatic nitrogens is 4. The second-order valence-electron chi connectivity index (χ2n) is 17.3. The Kier molecular flexibility index (Phi) is 27.8. The molecule has 3 amide bonds. The van der Waals surface area contributed by atoms with Crippen molar-refractivity contribution in [1.82, 2.24) is 49.3 Å². The third-order valence-electron chi connectivity index (χ3n) is 12.1. The molecule has 0 radical (unpaired) electrons. The second kappa shape index (κ2) is 34.1. The first-order valence-corrected chi connectivity index (χ1v) is 27.4. The fraction of sp³-hybridized carbons (Fsp3) is 0.377. The number of halogens is 4. The summed E-state index contributed by atoms with van der Waals surface area (Å²) < 4.78 is 11.2. The first kappa shape index (κ1) is 60.2. The molecule has 2 aromatic heterocycles. The summed E-state index contributed by atoms with van der Waals surface area (Å²) in [6.07, 6.45) is 12.4. The summed E-state index contributed by atoms with van der Waals surface area (Å²) in [5, 5.41) is 32.8. The third-order valence-corrected chi connectivity index (χ3v) is 14.2. The van der Waals surface area contributed by atoms with Crippen molar-refractivity contribution >= 4 is 83.0 Å². The SMILES string of the molecule is Brc1ccc(C2CO2)cc1.O=CN1CCN(C[C@@H](O)c2ccc(Br)cc2)CC1.O=CN1CCN([C@@H](CO)c2ccc(Br)cc2)CC1.O=CN1CCNCC1.O[C@H](Cn1ccnc1)c1ccc(Br)cc1.c1c[nH]cn1. The fourth-order valence-corrected chi connectivity index (χ4v) is 8.72. The molecule has 74 heavy (non-hydrogen) atoms. The van der Waals surface area contributed by atoms with Crippen molar-refractivity contribution in [2.24, 2.45) is 0 Å². The van der Waals surface area contributed by atoms with Gasteiger partial charge in [-0.1, -0.05) is 112 Å². The lowest BCUT2D eigenvalue weighted by molar-refractivity contribution is -0.120. The molecule has 4 fully saturated rings. The Balaban J connectivity index is 0.000000171. The molecule has 4 aliphatic rings. The number of aromatic amines is 1. The highest BCUT2D eigenvalue weighted by Gasteiger charge is 2.25. The number of hydrogen-bond donors (Lipinski definition) is 5. The third kappa shape index (κ3) is 22.7. The summed E-state index contributed by atoms with van der Waals surface area (Å²) in [4.78, 5) is 51.4. The molecule has 0 spiro atoms. The number of aliphatic hydroxyl groups is 3. The van der Waals surface area contributed by atoms with Crippen LogP contribution >= 0.6 is 63.7 Å². The largest absolute Gasteiger partial charge is 0.394 e. The highest BCUT2D eigenvalue weighted by molar-refractivity contribution is 9.11. The normalized spacial score (nSPS) is 17.5. The minimum atomic E-state index is -0.493. The van der Waals surface area contributed by atoms with Gasteiger partial charge in [-0.05, 0) is 70.8 Å². The van der Waals surface area contributed by atoms with Gasteiger partial charge in [0.1, 0.15) is 6.10 Å². The van der Waals surface area contributed by atoms with Gasteiger partial charge in [0.05, 0.1) is 50.7 Å². The molecule has 4 saturated heterocycles. The molecule has 0 saturated carbocycles. The van der Waals surface area contributed by atoms with Gasteiger partial charge >= 0.3 is 0 Å². The molecule has 17 nitrogen and oxygen atoms in total. The zero-order valence-corrected chi connectivity index (χ0v) is 47.5. The lowest BCUT2D eigenvalue weighted by atomic mass is 10.1. The molecule has 6 heterocycles. The molecule has 10 rings (SSSR count). The Morgan fingerprint density at radius 1 is 0.595 bits per heavy atom. The predicted molar refractivity (Wildman–Crippen MR) is 300 cm³/mol. The summed E-state index contributed by atoms with van der Waals surface area (Å²) >= 11 is 13.5. The number of epoxide rings is 1. The van der Waals surface area contributed by atoms with Crippen molar-refractivity contribution in [3.8, 4) is 0 Å². The van der Waals surface area contributed by atoms with Crippen LogP contribution < -0.4 is 5.32 Å². The average molecular weight is 1270 g/mol. The maximum absolute atomic E-state index is 10.7. The summed E-state index contributed by atoms with van der Waals surface area (Å²) in [5.74, 6) is 0. The number of benzene rings is 4. The van der Waals surface area contributed by atoms with E-state index in [2.05, 4.69) is 106 Å². The summed E-state index contributed by atoms with van der Waals surface area (Å²) in [6, 6.07) is 31.7. The van der Waals surface area contributed by atoms with E-state index < -0.39 is 12.2 Å². The summed E-state index contributed by atoms with van der Waals surface area (Å²) in [5.41, 5.74) is 4.23. The van der Waals surface area contributed by atoms with Crippen LogP contribution in [0.5, 0.6) is 0 Å². The van der Waals surface area contributed by atoms with Crippen molar-refractivity contribution in [1.29, 1.82) is 0 Å². The number of ether oxygens (including phenoxy) is 1. The second-order valence-corrected chi connectivity index (χ2v) is 21.0. The smallest absolute Gasteiger partial charge is 0.209 e. The lowest BCUT2D eigenvalue weighted by Gasteiger charge is -2.37. The predicted octanol–water partition coefficient (Wildman–Crippen LogP) is 6.87. The van der Waals surface area contributed by atoms with E-state index in [0.29, 0.717) is 19.2 Å².